The van der Waals surface area contributed by atoms with E-state index >= 15 is 0 Å². The lowest BCUT2D eigenvalue weighted by Crippen LogP contribution is -1.89. The van der Waals surface area contributed by atoms with E-state index in [9.17, 15) is 0 Å². The first-order chi connectivity index (χ1) is 8.72. The number of benzene rings is 1. The summed E-state index contributed by atoms with van der Waals surface area (Å²) in [5.74, 6) is 0.770. The molecule has 0 aliphatic rings. The maximum atomic E-state index is 5.93. The maximum absolute atomic E-state index is 5.93. The summed E-state index contributed by atoms with van der Waals surface area (Å²) in [6.07, 6.45) is 0. The quantitative estimate of drug-likeness (QED) is 0.534. The van der Waals surface area contributed by atoms with E-state index in [4.69, 9.17) is 11.6 Å². The number of para-hydroxylation sites is 1. The summed E-state index contributed by atoms with van der Waals surface area (Å²) in [6.45, 7) is 1.87. The molecule has 0 saturated carbocycles. The Labute approximate surface area is 117 Å². The van der Waals surface area contributed by atoms with E-state index in [2.05, 4.69) is 19.3 Å². The first-order valence-corrected chi connectivity index (χ1v) is 7.09. The van der Waals surface area contributed by atoms with Gasteiger partial charge in [-0.15, -0.1) is 0 Å². The van der Waals surface area contributed by atoms with E-state index in [1.807, 2.05) is 31.2 Å². The number of halogens is 1. The Bertz CT molecular complexity index is 713. The van der Waals surface area contributed by atoms with Crippen LogP contribution in [0.2, 0.25) is 5.28 Å². The minimum atomic E-state index is 0.248. The fraction of sp³-hybridized carbons (Fsp3) is 0.0909. The normalized spacial score (nSPS) is 11.0. The lowest BCUT2D eigenvalue weighted by molar-refractivity contribution is 1.08. The average Bonchev–Trinajstić information content (AvgIpc) is 2.74. The molecular formula is C11H7ClN4S2. The Kier molecular flexibility index (Phi) is 3.15. The number of hydrogen-bond donors (Lipinski definition) is 0. The zero-order valence-corrected chi connectivity index (χ0v) is 11.7. The third-order valence-electron chi connectivity index (χ3n) is 2.23. The number of fused-ring (bicyclic) bond motifs is 1. The lowest BCUT2D eigenvalue weighted by Gasteiger charge is -2.03. The van der Waals surface area contributed by atoms with Gasteiger partial charge in [0.1, 0.15) is 10.9 Å². The standard InChI is InChI=1S/C11H7ClN4S2/c1-6-13-11(18-16-6)17-9-7-4-2-3-5-8(7)14-10(12)15-9/h2-5H,1H3. The number of rotatable bonds is 2. The molecule has 0 saturated heterocycles. The molecule has 0 spiro atoms. The fourth-order valence-electron chi connectivity index (χ4n) is 1.50. The zero-order valence-electron chi connectivity index (χ0n) is 9.29. The molecule has 0 amide bonds. The van der Waals surface area contributed by atoms with E-state index in [-0.39, 0.29) is 5.28 Å². The first kappa shape index (κ1) is 11.8. The van der Waals surface area contributed by atoms with Crippen LogP contribution in [-0.4, -0.2) is 19.3 Å². The molecule has 90 valence electrons. The topological polar surface area (TPSA) is 51.6 Å². The first-order valence-electron chi connectivity index (χ1n) is 5.13. The van der Waals surface area contributed by atoms with Crippen LogP contribution in [0.4, 0.5) is 0 Å². The largest absolute Gasteiger partial charge is 0.224 e. The van der Waals surface area contributed by atoms with Gasteiger partial charge in [-0.2, -0.15) is 4.37 Å². The van der Waals surface area contributed by atoms with Crippen molar-refractivity contribution in [2.75, 3.05) is 0 Å². The van der Waals surface area contributed by atoms with Crippen LogP contribution in [-0.2, 0) is 0 Å². The summed E-state index contributed by atoms with van der Waals surface area (Å²) in [4.78, 5) is 12.8. The van der Waals surface area contributed by atoms with Gasteiger partial charge in [0, 0.05) is 5.39 Å². The van der Waals surface area contributed by atoms with Gasteiger partial charge in [-0.1, -0.05) is 18.2 Å². The van der Waals surface area contributed by atoms with Crippen molar-refractivity contribution < 1.29 is 0 Å². The molecule has 0 bridgehead atoms. The molecule has 2 aromatic heterocycles. The molecule has 0 aliphatic heterocycles. The van der Waals surface area contributed by atoms with E-state index in [0.717, 1.165) is 26.1 Å². The van der Waals surface area contributed by atoms with Crippen LogP contribution in [0.3, 0.4) is 0 Å². The maximum Gasteiger partial charge on any atom is 0.224 e. The summed E-state index contributed by atoms with van der Waals surface area (Å²) < 4.78 is 5.00. The van der Waals surface area contributed by atoms with Gasteiger partial charge in [-0.3, -0.25) is 0 Å². The summed E-state index contributed by atoms with van der Waals surface area (Å²) >= 11 is 8.75. The second kappa shape index (κ2) is 4.79. The van der Waals surface area contributed by atoms with Gasteiger partial charge >= 0.3 is 0 Å². The van der Waals surface area contributed by atoms with E-state index in [0.29, 0.717) is 0 Å². The minimum Gasteiger partial charge on any atom is -0.218 e. The van der Waals surface area contributed by atoms with Crippen LogP contribution in [0.15, 0.2) is 33.6 Å². The Balaban J connectivity index is 2.10. The van der Waals surface area contributed by atoms with Gasteiger partial charge in [-0.05, 0) is 47.9 Å². The molecule has 4 nitrogen and oxygen atoms in total. The van der Waals surface area contributed by atoms with Gasteiger partial charge in [0.25, 0.3) is 0 Å². The van der Waals surface area contributed by atoms with Crippen molar-refractivity contribution in [3.63, 3.8) is 0 Å². The number of aromatic nitrogens is 4. The molecule has 18 heavy (non-hydrogen) atoms. The van der Waals surface area contributed by atoms with Crippen molar-refractivity contribution in [3.05, 3.63) is 35.4 Å². The van der Waals surface area contributed by atoms with Crippen molar-refractivity contribution >= 4 is 45.8 Å². The van der Waals surface area contributed by atoms with Crippen molar-refractivity contribution in [2.45, 2.75) is 16.3 Å². The number of aryl methyl sites for hydroxylation is 1. The summed E-state index contributed by atoms with van der Waals surface area (Å²) in [7, 11) is 0. The van der Waals surface area contributed by atoms with Crippen molar-refractivity contribution in [3.8, 4) is 0 Å². The highest BCUT2D eigenvalue weighted by Gasteiger charge is 2.10. The highest BCUT2D eigenvalue weighted by Crippen LogP contribution is 2.32. The molecule has 0 radical (unpaired) electrons. The van der Waals surface area contributed by atoms with Crippen LogP contribution in [0.5, 0.6) is 0 Å². The second-order valence-electron chi connectivity index (χ2n) is 3.52. The van der Waals surface area contributed by atoms with Crippen molar-refractivity contribution in [1.29, 1.82) is 0 Å². The highest BCUT2D eigenvalue weighted by atomic mass is 35.5. The van der Waals surface area contributed by atoms with Gasteiger partial charge in [0.2, 0.25) is 5.28 Å². The highest BCUT2D eigenvalue weighted by molar-refractivity contribution is 8.01. The van der Waals surface area contributed by atoms with Crippen molar-refractivity contribution in [2.24, 2.45) is 0 Å². The van der Waals surface area contributed by atoms with Crippen LogP contribution in [0.1, 0.15) is 5.82 Å². The molecule has 0 unspecified atom stereocenters. The van der Waals surface area contributed by atoms with E-state index < -0.39 is 0 Å². The lowest BCUT2D eigenvalue weighted by atomic mass is 10.2. The Morgan fingerprint density at radius 1 is 1.17 bits per heavy atom. The molecule has 3 aromatic rings. The molecule has 1 aromatic carbocycles. The molecule has 0 fully saturated rings. The molecule has 3 rings (SSSR count). The molecule has 0 N–H and O–H groups in total. The van der Waals surface area contributed by atoms with Crippen molar-refractivity contribution in [1.82, 2.24) is 19.3 Å². The third-order valence-corrected chi connectivity index (χ3v) is 4.25. The zero-order chi connectivity index (χ0) is 12.5. The SMILES string of the molecule is Cc1nsc(Sc2nc(Cl)nc3ccccc23)n1. The minimum absolute atomic E-state index is 0.248. The van der Waals surface area contributed by atoms with Crippen LogP contribution >= 0.6 is 34.9 Å². The summed E-state index contributed by atoms with van der Waals surface area (Å²) in [5, 5.41) is 2.03. The molecule has 2 heterocycles. The van der Waals surface area contributed by atoms with E-state index in [1.165, 1.54) is 23.3 Å². The van der Waals surface area contributed by atoms with Gasteiger partial charge in [0.15, 0.2) is 4.34 Å². The van der Waals surface area contributed by atoms with Gasteiger partial charge in [-0.25, -0.2) is 15.0 Å². The smallest absolute Gasteiger partial charge is 0.218 e. The Morgan fingerprint density at radius 2 is 2.00 bits per heavy atom. The predicted octanol–water partition coefficient (Wildman–Crippen LogP) is 3.59. The van der Waals surface area contributed by atoms with Gasteiger partial charge in [0.05, 0.1) is 5.52 Å². The van der Waals surface area contributed by atoms with Gasteiger partial charge < -0.3 is 0 Å². The second-order valence-corrected chi connectivity index (χ2v) is 5.85. The molecule has 0 atom stereocenters. The molecular weight excluding hydrogens is 288 g/mol. The Hall–Kier alpha value is -1.24. The van der Waals surface area contributed by atoms with Crippen LogP contribution < -0.4 is 0 Å². The van der Waals surface area contributed by atoms with E-state index in [1.54, 1.807) is 0 Å². The van der Waals surface area contributed by atoms with Crippen LogP contribution in [0, 0.1) is 6.92 Å². The molecule has 0 aliphatic carbocycles. The monoisotopic (exact) mass is 294 g/mol. The predicted molar refractivity (Wildman–Crippen MR) is 73.3 cm³/mol. The fourth-order valence-corrected chi connectivity index (χ4v) is 3.41. The summed E-state index contributed by atoms with van der Waals surface area (Å²) in [6, 6.07) is 7.77. The summed E-state index contributed by atoms with van der Waals surface area (Å²) in [5.41, 5.74) is 0.834. The third kappa shape index (κ3) is 2.31. The van der Waals surface area contributed by atoms with Crippen LogP contribution in [0.25, 0.3) is 10.9 Å². The molecule has 7 heteroatoms. The Morgan fingerprint density at radius 3 is 2.78 bits per heavy atom. The number of nitrogens with zero attached hydrogens (tertiary/aromatic N) is 4. The average molecular weight is 295 g/mol. The number of hydrogen-bond acceptors (Lipinski definition) is 6.